The van der Waals surface area contributed by atoms with Crippen molar-refractivity contribution in [1.29, 1.82) is 0 Å². The highest BCUT2D eigenvalue weighted by molar-refractivity contribution is 5.43. The van der Waals surface area contributed by atoms with Crippen LogP contribution >= 0.6 is 0 Å². The number of aryl methyl sites for hydroxylation is 2. The van der Waals surface area contributed by atoms with Gasteiger partial charge in [0.05, 0.1) is 6.61 Å². The van der Waals surface area contributed by atoms with E-state index in [-0.39, 0.29) is 0 Å². The molecule has 1 nitrogen and oxygen atoms in total. The molecule has 0 amide bonds. The first kappa shape index (κ1) is 12.1. The molecule has 0 unspecified atom stereocenters. The van der Waals surface area contributed by atoms with E-state index in [1.807, 2.05) is 0 Å². The fraction of sp³-hybridized carbons (Fsp3) is 0.571. The van der Waals surface area contributed by atoms with Crippen LogP contribution in [-0.4, -0.2) is 6.61 Å². The molecule has 1 heterocycles. The van der Waals surface area contributed by atoms with Crippen LogP contribution in [-0.2, 0) is 6.42 Å². The lowest BCUT2D eigenvalue weighted by Gasteiger charge is -2.19. The molecule has 0 bridgehead atoms. The molecule has 15 heavy (non-hydrogen) atoms. The molecule has 1 aliphatic heterocycles. The van der Waals surface area contributed by atoms with Crippen molar-refractivity contribution in [2.75, 3.05) is 6.61 Å². The van der Waals surface area contributed by atoms with Crippen LogP contribution in [0.2, 0.25) is 0 Å². The zero-order valence-electron chi connectivity index (χ0n) is 10.4. The summed E-state index contributed by atoms with van der Waals surface area (Å²) >= 11 is 0. The van der Waals surface area contributed by atoms with Crippen molar-refractivity contribution in [2.24, 2.45) is 0 Å². The van der Waals surface area contributed by atoms with Crippen molar-refractivity contribution in [3.8, 4) is 5.75 Å². The van der Waals surface area contributed by atoms with Gasteiger partial charge in [-0.3, -0.25) is 0 Å². The molecule has 0 fully saturated rings. The average molecular weight is 206 g/mol. The molecule has 1 aliphatic rings. The van der Waals surface area contributed by atoms with Crippen LogP contribution in [0.5, 0.6) is 5.75 Å². The van der Waals surface area contributed by atoms with Gasteiger partial charge in [-0.25, -0.2) is 0 Å². The van der Waals surface area contributed by atoms with Gasteiger partial charge >= 0.3 is 0 Å². The molecule has 1 aromatic carbocycles. The predicted octanol–water partition coefficient (Wildman–Crippen LogP) is 4.04. The number of ether oxygens (including phenoxy) is 1. The summed E-state index contributed by atoms with van der Waals surface area (Å²) in [7, 11) is 0. The van der Waals surface area contributed by atoms with E-state index in [9.17, 15) is 0 Å². The second-order valence-electron chi connectivity index (χ2n) is 4.22. The molecule has 0 atom stereocenters. The molecule has 0 N–H and O–H groups in total. The third kappa shape index (κ3) is 3.26. The smallest absolute Gasteiger partial charge is 0.123 e. The average Bonchev–Trinajstić information content (AvgIpc) is 2.18. The molecule has 1 heteroatoms. The zero-order valence-corrected chi connectivity index (χ0v) is 10.4. The molecular weight excluding hydrogens is 184 g/mol. The van der Waals surface area contributed by atoms with E-state index in [2.05, 4.69) is 39.8 Å². The van der Waals surface area contributed by atoms with Crippen LogP contribution in [0.4, 0.5) is 0 Å². The van der Waals surface area contributed by atoms with E-state index < -0.39 is 0 Å². The van der Waals surface area contributed by atoms with Crippen LogP contribution in [0, 0.1) is 13.8 Å². The van der Waals surface area contributed by atoms with Crippen molar-refractivity contribution in [3.05, 3.63) is 28.8 Å². The minimum absolute atomic E-state index is 0.885. The Morgan fingerprint density at radius 1 is 1.20 bits per heavy atom. The highest BCUT2D eigenvalue weighted by Gasteiger charge is 2.12. The van der Waals surface area contributed by atoms with Crippen LogP contribution in [0.1, 0.15) is 43.4 Å². The third-order valence-corrected chi connectivity index (χ3v) is 2.41. The SMILES string of the molecule is CCC.Cc1cc(C)c2c(c1)OCCC2. The molecule has 0 aliphatic carbocycles. The summed E-state index contributed by atoms with van der Waals surface area (Å²) < 4.78 is 5.59. The number of hydrogen-bond donors (Lipinski definition) is 0. The monoisotopic (exact) mass is 206 g/mol. The molecule has 0 aromatic heterocycles. The Kier molecular flexibility index (Phi) is 4.67. The molecule has 2 rings (SSSR count). The van der Waals surface area contributed by atoms with E-state index in [1.54, 1.807) is 0 Å². The molecule has 0 saturated carbocycles. The third-order valence-electron chi connectivity index (χ3n) is 2.41. The first-order valence-electron chi connectivity index (χ1n) is 5.92. The summed E-state index contributed by atoms with van der Waals surface area (Å²) in [6.07, 6.45) is 3.60. The molecule has 0 spiro atoms. The van der Waals surface area contributed by atoms with Gasteiger partial charge in [0.2, 0.25) is 0 Å². The van der Waals surface area contributed by atoms with Gasteiger partial charge in [0, 0.05) is 0 Å². The normalized spacial score (nSPS) is 13.3. The fourth-order valence-corrected chi connectivity index (χ4v) is 1.84. The van der Waals surface area contributed by atoms with Crippen molar-refractivity contribution in [1.82, 2.24) is 0 Å². The highest BCUT2D eigenvalue weighted by atomic mass is 16.5. The van der Waals surface area contributed by atoms with Gasteiger partial charge in [-0.1, -0.05) is 26.3 Å². The zero-order chi connectivity index (χ0) is 11.3. The number of benzene rings is 1. The maximum Gasteiger partial charge on any atom is 0.123 e. The van der Waals surface area contributed by atoms with E-state index in [0.29, 0.717) is 0 Å². The predicted molar refractivity (Wildman–Crippen MR) is 65.7 cm³/mol. The standard InChI is InChI=1S/C11H14O.C3H8/c1-8-6-9(2)10-4-3-5-12-11(10)7-8;1-3-2/h6-7H,3-5H2,1-2H3;3H2,1-2H3. The van der Waals surface area contributed by atoms with Gasteiger partial charge in [0.25, 0.3) is 0 Å². The lowest BCUT2D eigenvalue weighted by Crippen LogP contribution is -2.09. The number of rotatable bonds is 0. The van der Waals surface area contributed by atoms with Gasteiger partial charge in [-0.15, -0.1) is 0 Å². The van der Waals surface area contributed by atoms with Gasteiger partial charge < -0.3 is 4.74 Å². The Morgan fingerprint density at radius 2 is 1.87 bits per heavy atom. The van der Waals surface area contributed by atoms with Gasteiger partial charge in [0.1, 0.15) is 5.75 Å². The second kappa shape index (κ2) is 5.79. The highest BCUT2D eigenvalue weighted by Crippen LogP contribution is 2.28. The van der Waals surface area contributed by atoms with Gasteiger partial charge in [-0.05, 0) is 49.4 Å². The summed E-state index contributed by atoms with van der Waals surface area (Å²) in [4.78, 5) is 0. The van der Waals surface area contributed by atoms with Crippen molar-refractivity contribution in [3.63, 3.8) is 0 Å². The van der Waals surface area contributed by atoms with Crippen LogP contribution in [0.25, 0.3) is 0 Å². The quantitative estimate of drug-likeness (QED) is 0.622. The van der Waals surface area contributed by atoms with Crippen LogP contribution in [0.15, 0.2) is 12.1 Å². The van der Waals surface area contributed by atoms with E-state index >= 15 is 0 Å². The topological polar surface area (TPSA) is 9.23 Å². The molecule has 1 aromatic rings. The van der Waals surface area contributed by atoms with Crippen molar-refractivity contribution < 1.29 is 4.74 Å². The van der Waals surface area contributed by atoms with Crippen LogP contribution < -0.4 is 4.74 Å². The molecule has 84 valence electrons. The van der Waals surface area contributed by atoms with Crippen molar-refractivity contribution >= 4 is 0 Å². The largest absolute Gasteiger partial charge is 0.493 e. The summed E-state index contributed by atoms with van der Waals surface area (Å²) in [5, 5.41) is 0. The first-order valence-corrected chi connectivity index (χ1v) is 5.92. The molecule has 0 saturated heterocycles. The van der Waals surface area contributed by atoms with Gasteiger partial charge in [-0.2, -0.15) is 0 Å². The van der Waals surface area contributed by atoms with E-state index in [0.717, 1.165) is 18.8 Å². The minimum atomic E-state index is 0.885. The lowest BCUT2D eigenvalue weighted by molar-refractivity contribution is 0.287. The number of hydrogen-bond acceptors (Lipinski definition) is 1. The van der Waals surface area contributed by atoms with Crippen LogP contribution in [0.3, 0.4) is 0 Å². The molecular formula is C14H22O. The minimum Gasteiger partial charge on any atom is -0.493 e. The van der Waals surface area contributed by atoms with Crippen molar-refractivity contribution in [2.45, 2.75) is 47.0 Å². The summed E-state index contributed by atoms with van der Waals surface area (Å²) in [5.41, 5.74) is 4.09. The number of fused-ring (bicyclic) bond motifs is 1. The fourth-order valence-electron chi connectivity index (χ4n) is 1.84. The maximum absolute atomic E-state index is 5.59. The van der Waals surface area contributed by atoms with Gasteiger partial charge in [0.15, 0.2) is 0 Å². The Balaban J connectivity index is 0.000000337. The van der Waals surface area contributed by atoms with E-state index in [1.165, 1.54) is 29.5 Å². The van der Waals surface area contributed by atoms with E-state index in [4.69, 9.17) is 4.74 Å². The summed E-state index contributed by atoms with van der Waals surface area (Å²) in [5.74, 6) is 1.11. The Bertz CT molecular complexity index is 315. The Hall–Kier alpha value is -0.980. The Labute approximate surface area is 93.5 Å². The maximum atomic E-state index is 5.59. The Morgan fingerprint density at radius 3 is 2.53 bits per heavy atom. The second-order valence-corrected chi connectivity index (χ2v) is 4.22. The first-order chi connectivity index (χ1) is 7.19. The lowest BCUT2D eigenvalue weighted by atomic mass is 9.99. The summed E-state index contributed by atoms with van der Waals surface area (Å²) in [6, 6.07) is 4.37. The molecule has 0 radical (unpaired) electrons. The summed E-state index contributed by atoms with van der Waals surface area (Å²) in [6.45, 7) is 9.42.